The minimum Gasteiger partial charge on any atom is -0.310 e. The summed E-state index contributed by atoms with van der Waals surface area (Å²) in [6.45, 7) is 4.07. The van der Waals surface area contributed by atoms with Gasteiger partial charge in [0.25, 0.3) is 0 Å². The molecule has 0 fully saturated rings. The van der Waals surface area contributed by atoms with Gasteiger partial charge in [0.15, 0.2) is 5.78 Å². The molecule has 0 saturated heterocycles. The molecule has 88 valence electrons. The summed E-state index contributed by atoms with van der Waals surface area (Å²) in [6, 6.07) is 7.88. The van der Waals surface area contributed by atoms with Crippen LogP contribution >= 0.6 is 0 Å². The van der Waals surface area contributed by atoms with Gasteiger partial charge in [-0.25, -0.2) is 0 Å². The molecule has 0 aliphatic rings. The van der Waals surface area contributed by atoms with E-state index in [-0.39, 0.29) is 11.8 Å². The Kier molecular flexibility index (Phi) is 5.20. The van der Waals surface area contributed by atoms with Crippen molar-refractivity contribution in [2.75, 3.05) is 7.05 Å². The molecule has 0 aliphatic carbocycles. The Morgan fingerprint density at radius 1 is 1.31 bits per heavy atom. The minimum absolute atomic E-state index is 0.110. The lowest BCUT2D eigenvalue weighted by Crippen LogP contribution is -2.30. The highest BCUT2D eigenvalue weighted by Gasteiger charge is 2.12. The third-order valence-electron chi connectivity index (χ3n) is 2.88. The van der Waals surface area contributed by atoms with Crippen LogP contribution in [-0.2, 0) is 6.42 Å². The second kappa shape index (κ2) is 6.44. The van der Waals surface area contributed by atoms with Crippen LogP contribution in [0.2, 0.25) is 0 Å². The molecular weight excluding hydrogens is 198 g/mol. The van der Waals surface area contributed by atoms with Crippen molar-refractivity contribution in [2.45, 2.75) is 39.2 Å². The Balaban J connectivity index is 2.67. The minimum atomic E-state index is -0.110. The van der Waals surface area contributed by atoms with Crippen LogP contribution in [0.5, 0.6) is 0 Å². The van der Waals surface area contributed by atoms with Crippen molar-refractivity contribution in [1.29, 1.82) is 0 Å². The second-order valence-corrected chi connectivity index (χ2v) is 4.18. The number of benzene rings is 1. The molecule has 0 spiro atoms. The standard InChI is InChI=1S/C14H21NO/c1-4-5-6-12-7-9-13(10-8-12)14(16)11(2)15-3/h7-11,15H,4-6H2,1-3H3. The molecule has 0 radical (unpaired) electrons. The highest BCUT2D eigenvalue weighted by molar-refractivity contribution is 5.99. The molecule has 2 nitrogen and oxygen atoms in total. The number of hydrogen-bond donors (Lipinski definition) is 1. The monoisotopic (exact) mass is 219 g/mol. The first-order valence-electron chi connectivity index (χ1n) is 5.99. The van der Waals surface area contributed by atoms with E-state index in [1.807, 2.05) is 19.1 Å². The van der Waals surface area contributed by atoms with Crippen molar-refractivity contribution in [3.63, 3.8) is 0 Å². The summed E-state index contributed by atoms with van der Waals surface area (Å²) in [7, 11) is 1.80. The molecule has 0 saturated carbocycles. The first-order chi connectivity index (χ1) is 7.69. The van der Waals surface area contributed by atoms with E-state index in [2.05, 4.69) is 24.4 Å². The predicted octanol–water partition coefficient (Wildman–Crippen LogP) is 2.82. The van der Waals surface area contributed by atoms with Crippen molar-refractivity contribution >= 4 is 5.78 Å². The fourth-order valence-corrected chi connectivity index (χ4v) is 1.60. The average Bonchev–Trinajstić information content (AvgIpc) is 2.35. The number of carbonyl (C=O) groups excluding carboxylic acids is 1. The lowest BCUT2D eigenvalue weighted by Gasteiger charge is -2.09. The first kappa shape index (κ1) is 12.9. The van der Waals surface area contributed by atoms with E-state index in [9.17, 15) is 4.79 Å². The number of Topliss-reactive ketones (excluding diaryl/α,β-unsaturated/α-hetero) is 1. The van der Waals surface area contributed by atoms with Crippen LogP contribution in [0.4, 0.5) is 0 Å². The quantitative estimate of drug-likeness (QED) is 0.745. The molecule has 1 unspecified atom stereocenters. The summed E-state index contributed by atoms with van der Waals surface area (Å²) < 4.78 is 0. The summed E-state index contributed by atoms with van der Waals surface area (Å²) >= 11 is 0. The van der Waals surface area contributed by atoms with E-state index in [0.717, 1.165) is 12.0 Å². The maximum absolute atomic E-state index is 11.8. The topological polar surface area (TPSA) is 29.1 Å². The Hall–Kier alpha value is -1.15. The third kappa shape index (κ3) is 3.46. The molecule has 1 N–H and O–H groups in total. The zero-order valence-electron chi connectivity index (χ0n) is 10.4. The lowest BCUT2D eigenvalue weighted by atomic mass is 10.0. The average molecular weight is 219 g/mol. The molecule has 1 aromatic carbocycles. The van der Waals surface area contributed by atoms with E-state index < -0.39 is 0 Å². The maximum atomic E-state index is 11.8. The SMILES string of the molecule is CCCCc1ccc(C(=O)C(C)NC)cc1. The lowest BCUT2D eigenvalue weighted by molar-refractivity contribution is 0.0955. The van der Waals surface area contributed by atoms with Crippen molar-refractivity contribution in [2.24, 2.45) is 0 Å². The first-order valence-corrected chi connectivity index (χ1v) is 5.99. The number of carbonyl (C=O) groups is 1. The van der Waals surface area contributed by atoms with Crippen LogP contribution in [0.3, 0.4) is 0 Å². The predicted molar refractivity (Wildman–Crippen MR) is 67.9 cm³/mol. The normalized spacial score (nSPS) is 12.4. The number of ketones is 1. The highest BCUT2D eigenvalue weighted by atomic mass is 16.1. The molecule has 0 aromatic heterocycles. The van der Waals surface area contributed by atoms with Crippen molar-refractivity contribution < 1.29 is 4.79 Å². The number of unbranched alkanes of at least 4 members (excludes halogenated alkanes) is 1. The van der Waals surface area contributed by atoms with E-state index >= 15 is 0 Å². The fraction of sp³-hybridized carbons (Fsp3) is 0.500. The van der Waals surface area contributed by atoms with Crippen molar-refractivity contribution in [3.8, 4) is 0 Å². The van der Waals surface area contributed by atoms with Gasteiger partial charge in [-0.3, -0.25) is 4.79 Å². The van der Waals surface area contributed by atoms with Crippen LogP contribution in [-0.4, -0.2) is 18.9 Å². The summed E-state index contributed by atoms with van der Waals surface area (Å²) in [5.74, 6) is 0.157. The number of aryl methyl sites for hydroxylation is 1. The zero-order chi connectivity index (χ0) is 12.0. The van der Waals surface area contributed by atoms with Crippen LogP contribution < -0.4 is 5.32 Å². The van der Waals surface area contributed by atoms with E-state index in [0.29, 0.717) is 0 Å². The van der Waals surface area contributed by atoms with E-state index in [4.69, 9.17) is 0 Å². The maximum Gasteiger partial charge on any atom is 0.179 e. The van der Waals surface area contributed by atoms with Gasteiger partial charge in [-0.05, 0) is 32.4 Å². The Bertz CT molecular complexity index is 329. The second-order valence-electron chi connectivity index (χ2n) is 4.18. The fourth-order valence-electron chi connectivity index (χ4n) is 1.60. The molecule has 16 heavy (non-hydrogen) atoms. The summed E-state index contributed by atoms with van der Waals surface area (Å²) in [5.41, 5.74) is 2.11. The van der Waals surface area contributed by atoms with Gasteiger partial charge < -0.3 is 5.32 Å². The number of hydrogen-bond acceptors (Lipinski definition) is 2. The van der Waals surface area contributed by atoms with Crippen LogP contribution in [0, 0.1) is 0 Å². The van der Waals surface area contributed by atoms with Gasteiger partial charge in [-0.1, -0.05) is 37.6 Å². The summed E-state index contributed by atoms with van der Waals surface area (Å²) in [5, 5.41) is 2.96. The molecular formula is C14H21NO. The number of rotatable bonds is 6. The molecule has 2 heteroatoms. The molecule has 1 rings (SSSR count). The molecule has 0 amide bonds. The molecule has 1 atom stereocenters. The molecule has 0 aliphatic heterocycles. The van der Waals surface area contributed by atoms with Crippen molar-refractivity contribution in [3.05, 3.63) is 35.4 Å². The highest BCUT2D eigenvalue weighted by Crippen LogP contribution is 2.09. The van der Waals surface area contributed by atoms with Crippen LogP contribution in [0.1, 0.15) is 42.6 Å². The van der Waals surface area contributed by atoms with E-state index in [1.165, 1.54) is 18.4 Å². The Morgan fingerprint density at radius 2 is 1.94 bits per heavy atom. The van der Waals surface area contributed by atoms with Gasteiger partial charge >= 0.3 is 0 Å². The van der Waals surface area contributed by atoms with E-state index in [1.54, 1.807) is 7.05 Å². The van der Waals surface area contributed by atoms with Gasteiger partial charge in [0.05, 0.1) is 6.04 Å². The number of likely N-dealkylation sites (N-methyl/N-ethyl adjacent to an activating group) is 1. The number of nitrogens with one attached hydrogen (secondary N) is 1. The Morgan fingerprint density at radius 3 is 2.44 bits per heavy atom. The van der Waals surface area contributed by atoms with Gasteiger partial charge in [-0.15, -0.1) is 0 Å². The van der Waals surface area contributed by atoms with Crippen LogP contribution in [0.25, 0.3) is 0 Å². The summed E-state index contributed by atoms with van der Waals surface area (Å²) in [6.07, 6.45) is 3.52. The largest absolute Gasteiger partial charge is 0.310 e. The van der Waals surface area contributed by atoms with Gasteiger partial charge in [-0.2, -0.15) is 0 Å². The van der Waals surface area contributed by atoms with Crippen molar-refractivity contribution in [1.82, 2.24) is 5.32 Å². The van der Waals surface area contributed by atoms with Gasteiger partial charge in [0, 0.05) is 5.56 Å². The summed E-state index contributed by atoms with van der Waals surface area (Å²) in [4.78, 5) is 11.8. The molecule has 1 aromatic rings. The zero-order valence-corrected chi connectivity index (χ0v) is 10.4. The van der Waals surface area contributed by atoms with Gasteiger partial charge in [0.1, 0.15) is 0 Å². The third-order valence-corrected chi connectivity index (χ3v) is 2.88. The van der Waals surface area contributed by atoms with Gasteiger partial charge in [0.2, 0.25) is 0 Å². The molecule has 0 heterocycles. The van der Waals surface area contributed by atoms with Crippen LogP contribution in [0.15, 0.2) is 24.3 Å². The molecule has 0 bridgehead atoms. The Labute approximate surface area is 98.1 Å². The smallest absolute Gasteiger partial charge is 0.179 e.